The molecule has 0 aromatic carbocycles. The molecule has 1 saturated carbocycles. The van der Waals surface area contributed by atoms with Gasteiger partial charge in [-0.1, -0.05) is 0 Å². The minimum atomic E-state index is -0.567. The number of amides is 2. The van der Waals surface area contributed by atoms with Crippen LogP contribution in [0.1, 0.15) is 46.0 Å². The average molecular weight is 241 g/mol. The van der Waals surface area contributed by atoms with Crippen molar-refractivity contribution in [3.05, 3.63) is 0 Å². The van der Waals surface area contributed by atoms with Crippen molar-refractivity contribution in [3.63, 3.8) is 0 Å². The van der Waals surface area contributed by atoms with Crippen LogP contribution < -0.4 is 16.8 Å². The third kappa shape index (κ3) is 4.73. The molecule has 1 aliphatic rings. The SMILES string of the molecule is CC(C)(CC(N)=O)NC(=O)C1CCC(N)CC1. The second-order valence-corrected chi connectivity index (χ2v) is 5.63. The van der Waals surface area contributed by atoms with Crippen LogP contribution in [0.5, 0.6) is 0 Å². The molecule has 5 heteroatoms. The first kappa shape index (κ1) is 14.0. The van der Waals surface area contributed by atoms with E-state index in [4.69, 9.17) is 11.5 Å². The van der Waals surface area contributed by atoms with Crippen LogP contribution in [0.15, 0.2) is 0 Å². The Bertz CT molecular complexity index is 294. The second kappa shape index (κ2) is 5.49. The topological polar surface area (TPSA) is 98.2 Å². The molecular weight excluding hydrogens is 218 g/mol. The summed E-state index contributed by atoms with van der Waals surface area (Å²) in [6.07, 6.45) is 3.62. The van der Waals surface area contributed by atoms with Gasteiger partial charge < -0.3 is 16.8 Å². The Hall–Kier alpha value is -1.10. The fraction of sp³-hybridized carbons (Fsp3) is 0.833. The third-order valence-electron chi connectivity index (χ3n) is 3.22. The maximum absolute atomic E-state index is 12.0. The van der Waals surface area contributed by atoms with Crippen LogP contribution in [0.2, 0.25) is 0 Å². The lowest BCUT2D eigenvalue weighted by atomic mass is 9.85. The number of primary amides is 1. The summed E-state index contributed by atoms with van der Waals surface area (Å²) in [7, 11) is 0. The van der Waals surface area contributed by atoms with Gasteiger partial charge in [-0.25, -0.2) is 0 Å². The Morgan fingerprint density at radius 1 is 1.24 bits per heavy atom. The van der Waals surface area contributed by atoms with Gasteiger partial charge in [-0.15, -0.1) is 0 Å². The molecule has 0 bridgehead atoms. The summed E-state index contributed by atoms with van der Waals surface area (Å²) in [5, 5.41) is 2.89. The van der Waals surface area contributed by atoms with E-state index in [1.807, 2.05) is 13.8 Å². The van der Waals surface area contributed by atoms with Crippen molar-refractivity contribution >= 4 is 11.8 Å². The molecule has 0 radical (unpaired) electrons. The van der Waals surface area contributed by atoms with Gasteiger partial charge in [0, 0.05) is 23.9 Å². The van der Waals surface area contributed by atoms with Crippen LogP contribution in [-0.4, -0.2) is 23.4 Å². The van der Waals surface area contributed by atoms with E-state index >= 15 is 0 Å². The molecule has 0 aromatic heterocycles. The van der Waals surface area contributed by atoms with E-state index in [0.717, 1.165) is 25.7 Å². The van der Waals surface area contributed by atoms with Crippen LogP contribution >= 0.6 is 0 Å². The maximum atomic E-state index is 12.0. The highest BCUT2D eigenvalue weighted by Gasteiger charge is 2.29. The summed E-state index contributed by atoms with van der Waals surface area (Å²) in [4.78, 5) is 22.9. The van der Waals surface area contributed by atoms with Crippen molar-refractivity contribution in [1.29, 1.82) is 0 Å². The maximum Gasteiger partial charge on any atom is 0.223 e. The van der Waals surface area contributed by atoms with Gasteiger partial charge >= 0.3 is 0 Å². The van der Waals surface area contributed by atoms with Gasteiger partial charge in [0.1, 0.15) is 0 Å². The molecule has 2 amide bonds. The smallest absolute Gasteiger partial charge is 0.223 e. The monoisotopic (exact) mass is 241 g/mol. The Labute approximate surface area is 102 Å². The van der Waals surface area contributed by atoms with Crippen LogP contribution in [-0.2, 0) is 9.59 Å². The average Bonchev–Trinajstić information content (AvgIpc) is 2.15. The molecule has 0 aliphatic heterocycles. The van der Waals surface area contributed by atoms with Crippen molar-refractivity contribution in [3.8, 4) is 0 Å². The number of hydrogen-bond donors (Lipinski definition) is 3. The standard InChI is InChI=1S/C12H23N3O2/c1-12(2,7-10(14)16)15-11(17)8-3-5-9(13)6-4-8/h8-9H,3-7,13H2,1-2H3,(H2,14,16)(H,15,17). The Morgan fingerprint density at radius 3 is 2.24 bits per heavy atom. The highest BCUT2D eigenvalue weighted by atomic mass is 16.2. The van der Waals surface area contributed by atoms with Crippen molar-refractivity contribution in [2.45, 2.75) is 57.5 Å². The number of carbonyl (C=O) groups excluding carboxylic acids is 2. The van der Waals surface area contributed by atoms with Crippen LogP contribution in [0.25, 0.3) is 0 Å². The zero-order valence-corrected chi connectivity index (χ0v) is 10.7. The molecule has 0 saturated heterocycles. The molecule has 17 heavy (non-hydrogen) atoms. The first-order chi connectivity index (χ1) is 7.80. The van der Waals surface area contributed by atoms with Gasteiger partial charge in [0.15, 0.2) is 0 Å². The van der Waals surface area contributed by atoms with Crippen molar-refractivity contribution < 1.29 is 9.59 Å². The molecule has 0 unspecified atom stereocenters. The van der Waals surface area contributed by atoms with Crippen molar-refractivity contribution in [2.75, 3.05) is 0 Å². The van der Waals surface area contributed by atoms with E-state index in [9.17, 15) is 9.59 Å². The summed E-state index contributed by atoms with van der Waals surface area (Å²) in [5.74, 6) is -0.355. The minimum Gasteiger partial charge on any atom is -0.370 e. The molecule has 0 atom stereocenters. The number of nitrogens with one attached hydrogen (secondary N) is 1. The molecule has 0 spiro atoms. The van der Waals surface area contributed by atoms with E-state index in [1.165, 1.54) is 0 Å². The summed E-state index contributed by atoms with van der Waals surface area (Å²) in [6, 6.07) is 0.234. The summed E-state index contributed by atoms with van der Waals surface area (Å²) in [5.41, 5.74) is 10.4. The van der Waals surface area contributed by atoms with Crippen molar-refractivity contribution in [1.82, 2.24) is 5.32 Å². The highest BCUT2D eigenvalue weighted by Crippen LogP contribution is 2.24. The van der Waals surface area contributed by atoms with Crippen LogP contribution in [0, 0.1) is 5.92 Å². The number of hydrogen-bond acceptors (Lipinski definition) is 3. The van der Waals surface area contributed by atoms with Crippen molar-refractivity contribution in [2.24, 2.45) is 17.4 Å². The zero-order valence-electron chi connectivity index (χ0n) is 10.7. The number of nitrogens with two attached hydrogens (primary N) is 2. The molecule has 98 valence electrons. The van der Waals surface area contributed by atoms with E-state index in [2.05, 4.69) is 5.32 Å². The molecule has 5 nitrogen and oxygen atoms in total. The minimum absolute atomic E-state index is 0.0168. The van der Waals surface area contributed by atoms with Gasteiger partial charge in [0.25, 0.3) is 0 Å². The largest absolute Gasteiger partial charge is 0.370 e. The third-order valence-corrected chi connectivity index (χ3v) is 3.22. The van der Waals surface area contributed by atoms with Gasteiger partial charge in [-0.05, 0) is 39.5 Å². The summed E-state index contributed by atoms with van der Waals surface area (Å²) in [6.45, 7) is 3.62. The zero-order chi connectivity index (χ0) is 13.1. The number of rotatable bonds is 4. The predicted molar refractivity (Wildman–Crippen MR) is 66.0 cm³/mol. The van der Waals surface area contributed by atoms with Gasteiger partial charge in [-0.3, -0.25) is 9.59 Å². The van der Waals surface area contributed by atoms with Crippen LogP contribution in [0.4, 0.5) is 0 Å². The Balaban J connectivity index is 2.45. The lowest BCUT2D eigenvalue weighted by molar-refractivity contribution is -0.128. The Morgan fingerprint density at radius 2 is 1.76 bits per heavy atom. The molecule has 1 rings (SSSR count). The van der Waals surface area contributed by atoms with Gasteiger partial charge in [-0.2, -0.15) is 0 Å². The van der Waals surface area contributed by atoms with Gasteiger partial charge in [0.2, 0.25) is 11.8 Å². The lowest BCUT2D eigenvalue weighted by Gasteiger charge is -2.30. The summed E-state index contributed by atoms with van der Waals surface area (Å²) < 4.78 is 0. The lowest BCUT2D eigenvalue weighted by Crippen LogP contribution is -2.49. The van der Waals surface area contributed by atoms with E-state index in [1.54, 1.807) is 0 Å². The molecule has 0 aromatic rings. The highest BCUT2D eigenvalue weighted by molar-refractivity contribution is 5.81. The molecule has 1 aliphatic carbocycles. The van der Waals surface area contributed by atoms with E-state index in [0.29, 0.717) is 0 Å². The van der Waals surface area contributed by atoms with Gasteiger partial charge in [0.05, 0.1) is 0 Å². The van der Waals surface area contributed by atoms with E-state index < -0.39 is 11.4 Å². The van der Waals surface area contributed by atoms with Crippen LogP contribution in [0.3, 0.4) is 0 Å². The molecule has 5 N–H and O–H groups in total. The molecular formula is C12H23N3O2. The fourth-order valence-corrected chi connectivity index (χ4v) is 2.30. The number of carbonyl (C=O) groups is 2. The molecule has 0 heterocycles. The summed E-state index contributed by atoms with van der Waals surface area (Å²) >= 11 is 0. The predicted octanol–water partition coefficient (Wildman–Crippen LogP) is 0.274. The first-order valence-corrected chi connectivity index (χ1v) is 6.16. The molecule has 1 fully saturated rings. The second-order valence-electron chi connectivity index (χ2n) is 5.63. The van der Waals surface area contributed by atoms with E-state index in [-0.39, 0.29) is 24.3 Å². The first-order valence-electron chi connectivity index (χ1n) is 6.16. The fourth-order valence-electron chi connectivity index (χ4n) is 2.30. The quantitative estimate of drug-likeness (QED) is 0.659. The Kier molecular flexibility index (Phi) is 4.51. The normalized spacial score (nSPS) is 25.4.